The topological polar surface area (TPSA) is 79.6 Å². The number of likely N-dealkylation sites (N-methyl/N-ethyl adjacent to an activating group) is 1. The lowest BCUT2D eigenvalue weighted by molar-refractivity contribution is -0.138. The lowest BCUT2D eigenvalue weighted by atomic mass is 9.81. The number of amides is 1. The number of hydrogen-bond acceptors (Lipinski definition) is 5. The monoisotopic (exact) mass is 330 g/mol. The van der Waals surface area contributed by atoms with Crippen molar-refractivity contribution in [2.45, 2.75) is 37.6 Å². The average molecular weight is 330 g/mol. The van der Waals surface area contributed by atoms with Gasteiger partial charge in [-0.25, -0.2) is 4.79 Å². The Labute approximate surface area is 142 Å². The van der Waals surface area contributed by atoms with Gasteiger partial charge in [-0.2, -0.15) is 5.26 Å². The minimum atomic E-state index is -0.780. The molecule has 0 aromatic heterocycles. The summed E-state index contributed by atoms with van der Waals surface area (Å²) in [5.74, 6) is -0.418. The number of esters is 1. The molecule has 0 bridgehead atoms. The first-order chi connectivity index (χ1) is 11.5. The van der Waals surface area contributed by atoms with Crippen LogP contribution in [0.2, 0.25) is 0 Å². The van der Waals surface area contributed by atoms with Gasteiger partial charge in [0, 0.05) is 7.05 Å². The van der Waals surface area contributed by atoms with Crippen LogP contribution in [0.5, 0.6) is 5.75 Å². The van der Waals surface area contributed by atoms with Gasteiger partial charge in [0.05, 0.1) is 18.7 Å². The van der Waals surface area contributed by atoms with Crippen LogP contribution in [0.15, 0.2) is 24.3 Å². The maximum atomic E-state index is 12.3. The second-order valence-corrected chi connectivity index (χ2v) is 5.96. The Bertz CT molecular complexity index is 645. The molecular weight excluding hydrogens is 308 g/mol. The van der Waals surface area contributed by atoms with Gasteiger partial charge >= 0.3 is 5.97 Å². The fraction of sp³-hybridized carbons (Fsp3) is 0.500. The first kappa shape index (κ1) is 17.8. The number of carbonyl (C=O) groups excluding carboxylic acids is 2. The molecule has 1 fully saturated rings. The summed E-state index contributed by atoms with van der Waals surface area (Å²) in [6, 6.07) is 8.82. The zero-order valence-electron chi connectivity index (χ0n) is 14.1. The zero-order chi connectivity index (χ0) is 17.6. The third-order valence-corrected chi connectivity index (χ3v) is 4.54. The Morgan fingerprint density at radius 2 is 2.00 bits per heavy atom. The number of methoxy groups -OCH3 is 1. The van der Waals surface area contributed by atoms with Crippen LogP contribution in [0.1, 0.15) is 42.5 Å². The van der Waals surface area contributed by atoms with Gasteiger partial charge < -0.3 is 14.4 Å². The van der Waals surface area contributed by atoms with E-state index in [0.717, 1.165) is 19.3 Å². The Hall–Kier alpha value is -2.55. The summed E-state index contributed by atoms with van der Waals surface area (Å²) in [6.07, 6.45) is 4.25. The largest absolute Gasteiger partial charge is 0.497 e. The van der Waals surface area contributed by atoms with Crippen LogP contribution in [-0.4, -0.2) is 43.1 Å². The Balaban J connectivity index is 1.96. The van der Waals surface area contributed by atoms with Crippen molar-refractivity contribution in [3.8, 4) is 11.8 Å². The third-order valence-electron chi connectivity index (χ3n) is 4.54. The maximum absolute atomic E-state index is 12.3. The summed E-state index contributed by atoms with van der Waals surface area (Å²) in [5, 5.41) is 9.51. The molecule has 1 aliphatic rings. The first-order valence-corrected chi connectivity index (χ1v) is 8.01. The molecule has 0 saturated heterocycles. The van der Waals surface area contributed by atoms with Gasteiger partial charge in [-0.1, -0.05) is 25.3 Å². The normalized spacial score (nSPS) is 15.9. The lowest BCUT2D eigenvalue weighted by Crippen LogP contribution is -2.51. The zero-order valence-corrected chi connectivity index (χ0v) is 14.1. The smallest absolute Gasteiger partial charge is 0.338 e. The van der Waals surface area contributed by atoms with E-state index >= 15 is 0 Å². The number of carbonyl (C=O) groups is 2. The van der Waals surface area contributed by atoms with Crippen molar-refractivity contribution in [2.24, 2.45) is 0 Å². The number of rotatable bonds is 5. The summed E-state index contributed by atoms with van der Waals surface area (Å²) in [7, 11) is 3.12. The maximum Gasteiger partial charge on any atom is 0.338 e. The summed E-state index contributed by atoms with van der Waals surface area (Å²) in [6.45, 7) is -0.379. The van der Waals surface area contributed by atoms with E-state index in [0.29, 0.717) is 24.2 Å². The van der Waals surface area contributed by atoms with Crippen molar-refractivity contribution >= 4 is 11.9 Å². The summed E-state index contributed by atoms with van der Waals surface area (Å²) < 4.78 is 10.2. The molecule has 6 heteroatoms. The van der Waals surface area contributed by atoms with Gasteiger partial charge in [-0.15, -0.1) is 0 Å². The number of ether oxygens (including phenoxy) is 2. The Morgan fingerprint density at radius 1 is 1.29 bits per heavy atom. The first-order valence-electron chi connectivity index (χ1n) is 8.01. The van der Waals surface area contributed by atoms with E-state index in [1.165, 1.54) is 12.0 Å². The van der Waals surface area contributed by atoms with E-state index in [1.807, 2.05) is 0 Å². The van der Waals surface area contributed by atoms with Gasteiger partial charge in [0.25, 0.3) is 5.91 Å². The van der Waals surface area contributed by atoms with E-state index in [9.17, 15) is 14.9 Å². The van der Waals surface area contributed by atoms with Crippen LogP contribution in [0.3, 0.4) is 0 Å². The number of hydrogen-bond donors (Lipinski definition) is 0. The van der Waals surface area contributed by atoms with E-state index in [-0.39, 0.29) is 12.5 Å². The van der Waals surface area contributed by atoms with Crippen LogP contribution in [0.4, 0.5) is 0 Å². The molecule has 1 aliphatic carbocycles. The SMILES string of the molecule is COc1cccc(C(=O)OCC(=O)N(C)C2(C#N)CCCCC2)c1. The van der Waals surface area contributed by atoms with Crippen LogP contribution >= 0.6 is 0 Å². The molecular formula is C18H22N2O4. The molecule has 1 aromatic rings. The molecule has 0 radical (unpaired) electrons. The molecule has 0 heterocycles. The molecule has 1 amide bonds. The number of nitrogens with zero attached hydrogens (tertiary/aromatic N) is 2. The van der Waals surface area contributed by atoms with Crippen molar-refractivity contribution < 1.29 is 19.1 Å². The molecule has 1 saturated carbocycles. The summed E-state index contributed by atoms with van der Waals surface area (Å²) in [4.78, 5) is 25.8. The highest BCUT2D eigenvalue weighted by molar-refractivity contribution is 5.91. The Morgan fingerprint density at radius 3 is 2.62 bits per heavy atom. The predicted molar refractivity (Wildman–Crippen MR) is 87.5 cm³/mol. The van der Waals surface area contributed by atoms with E-state index in [2.05, 4.69) is 6.07 Å². The highest BCUT2D eigenvalue weighted by atomic mass is 16.5. The van der Waals surface area contributed by atoms with Crippen LogP contribution in [0, 0.1) is 11.3 Å². The van der Waals surface area contributed by atoms with Gasteiger partial charge in [-0.3, -0.25) is 4.79 Å². The van der Waals surface area contributed by atoms with Crippen molar-refractivity contribution in [3.05, 3.63) is 29.8 Å². The summed E-state index contributed by atoms with van der Waals surface area (Å²) >= 11 is 0. The molecule has 0 atom stereocenters. The third kappa shape index (κ3) is 3.85. The fourth-order valence-electron chi connectivity index (χ4n) is 2.96. The average Bonchev–Trinajstić information content (AvgIpc) is 2.65. The van der Waals surface area contributed by atoms with E-state index in [1.54, 1.807) is 31.3 Å². The van der Waals surface area contributed by atoms with Crippen molar-refractivity contribution in [1.29, 1.82) is 5.26 Å². The molecule has 1 aromatic carbocycles. The molecule has 0 unspecified atom stereocenters. The molecule has 2 rings (SSSR count). The highest BCUT2D eigenvalue weighted by Gasteiger charge is 2.39. The molecule has 6 nitrogen and oxygen atoms in total. The molecule has 0 spiro atoms. The quantitative estimate of drug-likeness (QED) is 0.775. The molecule has 0 N–H and O–H groups in total. The lowest BCUT2D eigenvalue weighted by Gasteiger charge is -2.38. The van der Waals surface area contributed by atoms with Crippen LogP contribution in [0.25, 0.3) is 0 Å². The highest BCUT2D eigenvalue weighted by Crippen LogP contribution is 2.32. The van der Waals surface area contributed by atoms with Gasteiger partial charge in [0.1, 0.15) is 11.3 Å². The van der Waals surface area contributed by atoms with Crippen molar-refractivity contribution in [3.63, 3.8) is 0 Å². The minimum absolute atomic E-state index is 0.317. The second kappa shape index (κ2) is 7.82. The number of benzene rings is 1. The van der Waals surface area contributed by atoms with E-state index < -0.39 is 11.5 Å². The van der Waals surface area contributed by atoms with Crippen molar-refractivity contribution in [1.82, 2.24) is 4.90 Å². The summed E-state index contributed by atoms with van der Waals surface area (Å²) in [5.41, 5.74) is -0.463. The van der Waals surface area contributed by atoms with Gasteiger partial charge in [-0.05, 0) is 31.0 Å². The van der Waals surface area contributed by atoms with Crippen LogP contribution < -0.4 is 4.74 Å². The molecule has 24 heavy (non-hydrogen) atoms. The number of nitriles is 1. The van der Waals surface area contributed by atoms with Gasteiger partial charge in [0.15, 0.2) is 6.61 Å². The standard InChI is InChI=1S/C18H22N2O4/c1-20(18(13-19)9-4-3-5-10-18)16(21)12-24-17(22)14-7-6-8-15(11-14)23-2/h6-8,11H,3-5,9-10,12H2,1-2H3. The minimum Gasteiger partial charge on any atom is -0.497 e. The van der Waals surface area contributed by atoms with Gasteiger partial charge in [0.2, 0.25) is 0 Å². The van der Waals surface area contributed by atoms with Crippen LogP contribution in [-0.2, 0) is 9.53 Å². The van der Waals surface area contributed by atoms with Crippen molar-refractivity contribution in [2.75, 3.05) is 20.8 Å². The fourth-order valence-corrected chi connectivity index (χ4v) is 2.96. The Kier molecular flexibility index (Phi) is 5.80. The van der Waals surface area contributed by atoms with E-state index in [4.69, 9.17) is 9.47 Å². The molecule has 0 aliphatic heterocycles. The predicted octanol–water partition coefficient (Wildman–Crippen LogP) is 2.54. The molecule has 128 valence electrons. The second-order valence-electron chi connectivity index (χ2n) is 5.96.